The number of nitrogens with one attached hydrogen (secondary N) is 1. The van der Waals surface area contributed by atoms with Crippen LogP contribution in [0.25, 0.3) is 0 Å². The fourth-order valence-electron chi connectivity index (χ4n) is 1.11. The molecule has 16 heavy (non-hydrogen) atoms. The van der Waals surface area contributed by atoms with Gasteiger partial charge in [-0.15, -0.1) is 0 Å². The summed E-state index contributed by atoms with van der Waals surface area (Å²) in [6.07, 6.45) is 2.25. The molecule has 0 bridgehead atoms. The normalized spacial score (nSPS) is 13.9. The molecule has 0 spiro atoms. The van der Waals surface area contributed by atoms with Crippen LogP contribution in [0.2, 0.25) is 0 Å². The molecular weight excluding hydrogens is 234 g/mol. The first kappa shape index (κ1) is 12.7. The number of hydrogen-bond acceptors (Lipinski definition) is 4. The van der Waals surface area contributed by atoms with Crippen molar-refractivity contribution in [2.75, 3.05) is 0 Å². The Labute approximate surface area is 93.3 Å². The highest BCUT2D eigenvalue weighted by molar-refractivity contribution is 7.89. The summed E-state index contributed by atoms with van der Waals surface area (Å²) in [5, 5.41) is 8.85. The highest BCUT2D eigenvalue weighted by Gasteiger charge is 2.28. The molecule has 0 aliphatic carbocycles. The molecule has 0 aliphatic heterocycles. The van der Waals surface area contributed by atoms with Gasteiger partial charge < -0.3 is 9.52 Å². The molecule has 6 nitrogen and oxygen atoms in total. The van der Waals surface area contributed by atoms with E-state index in [9.17, 15) is 13.2 Å². The molecule has 90 valence electrons. The number of carbonyl (C=O) groups is 1. The molecule has 1 aromatic rings. The summed E-state index contributed by atoms with van der Waals surface area (Å²) in [5.41, 5.74) is 0. The average Bonchev–Trinajstić information content (AvgIpc) is 2.66. The zero-order chi connectivity index (χ0) is 12.3. The monoisotopic (exact) mass is 247 g/mol. The van der Waals surface area contributed by atoms with Gasteiger partial charge in [0.2, 0.25) is 10.0 Å². The van der Waals surface area contributed by atoms with E-state index in [4.69, 9.17) is 5.11 Å². The van der Waals surface area contributed by atoms with Crippen LogP contribution in [0, 0.1) is 5.92 Å². The number of aliphatic carboxylic acids is 1. The van der Waals surface area contributed by atoms with Gasteiger partial charge in [-0.3, -0.25) is 4.79 Å². The van der Waals surface area contributed by atoms with Crippen LogP contribution in [0.3, 0.4) is 0 Å². The van der Waals surface area contributed by atoms with Crippen LogP contribution in [0.4, 0.5) is 0 Å². The maximum atomic E-state index is 11.7. The molecule has 2 N–H and O–H groups in total. The van der Waals surface area contributed by atoms with E-state index >= 15 is 0 Å². The third-order valence-electron chi connectivity index (χ3n) is 2.02. The summed E-state index contributed by atoms with van der Waals surface area (Å²) in [6, 6.07) is 0.0987. The van der Waals surface area contributed by atoms with Crippen molar-refractivity contribution in [2.45, 2.75) is 24.8 Å². The summed E-state index contributed by atoms with van der Waals surface area (Å²) in [4.78, 5) is 10.8. The number of rotatable bonds is 5. The molecule has 0 fully saturated rings. The van der Waals surface area contributed by atoms with Gasteiger partial charge >= 0.3 is 5.97 Å². The average molecular weight is 247 g/mol. The standard InChI is InChI=1S/C9H13NO5S/c1-6(2)8(9(11)12)10-16(13,14)7-3-4-15-5-7/h3-6,8,10H,1-2H3,(H,11,12)/t8-/m0/s1. The van der Waals surface area contributed by atoms with E-state index in [0.717, 1.165) is 6.26 Å². The van der Waals surface area contributed by atoms with E-state index in [0.29, 0.717) is 0 Å². The Kier molecular flexibility index (Phi) is 3.71. The van der Waals surface area contributed by atoms with Gasteiger partial charge in [0.15, 0.2) is 0 Å². The first-order valence-electron chi connectivity index (χ1n) is 4.62. The second-order valence-corrected chi connectivity index (χ2v) is 5.35. The molecule has 0 saturated carbocycles. The van der Waals surface area contributed by atoms with Crippen LogP contribution in [0.15, 0.2) is 27.9 Å². The van der Waals surface area contributed by atoms with Crippen molar-refractivity contribution in [1.82, 2.24) is 4.72 Å². The molecule has 0 amide bonds. The second kappa shape index (κ2) is 4.67. The van der Waals surface area contributed by atoms with Crippen molar-refractivity contribution in [3.8, 4) is 0 Å². The summed E-state index contributed by atoms with van der Waals surface area (Å²) in [7, 11) is -3.83. The topological polar surface area (TPSA) is 96.6 Å². The Morgan fingerprint density at radius 2 is 2.12 bits per heavy atom. The maximum Gasteiger partial charge on any atom is 0.322 e. The molecule has 7 heteroatoms. The van der Waals surface area contributed by atoms with E-state index in [1.165, 1.54) is 12.3 Å². The van der Waals surface area contributed by atoms with Gasteiger partial charge in [-0.1, -0.05) is 13.8 Å². The molecular formula is C9H13NO5S. The van der Waals surface area contributed by atoms with Gasteiger partial charge in [-0.2, -0.15) is 4.72 Å². The van der Waals surface area contributed by atoms with Crippen molar-refractivity contribution in [1.29, 1.82) is 0 Å². The van der Waals surface area contributed by atoms with Crippen LogP contribution in [-0.4, -0.2) is 25.5 Å². The van der Waals surface area contributed by atoms with Gasteiger partial charge in [0, 0.05) is 0 Å². The second-order valence-electron chi connectivity index (χ2n) is 3.64. The van der Waals surface area contributed by atoms with Gasteiger partial charge in [0.25, 0.3) is 0 Å². The minimum atomic E-state index is -3.83. The van der Waals surface area contributed by atoms with Crippen molar-refractivity contribution in [3.05, 3.63) is 18.6 Å². The Hall–Kier alpha value is -1.34. The predicted molar refractivity (Wildman–Crippen MR) is 55.3 cm³/mol. The lowest BCUT2D eigenvalue weighted by Gasteiger charge is -2.17. The molecule has 0 unspecified atom stereocenters. The highest BCUT2D eigenvalue weighted by Crippen LogP contribution is 2.12. The summed E-state index contributed by atoms with van der Waals surface area (Å²) in [5.74, 6) is -1.55. The van der Waals surface area contributed by atoms with Crippen LogP contribution in [0.5, 0.6) is 0 Å². The molecule has 0 aliphatic rings. The molecule has 1 heterocycles. The molecule has 1 atom stereocenters. The van der Waals surface area contributed by atoms with E-state index in [2.05, 4.69) is 9.14 Å². The molecule has 1 rings (SSSR count). The highest BCUT2D eigenvalue weighted by atomic mass is 32.2. The summed E-state index contributed by atoms with van der Waals surface area (Å²) < 4.78 is 30.1. The van der Waals surface area contributed by atoms with E-state index in [1.807, 2.05) is 0 Å². The molecule has 0 saturated heterocycles. The third kappa shape index (κ3) is 2.83. The van der Waals surface area contributed by atoms with Crippen LogP contribution >= 0.6 is 0 Å². The van der Waals surface area contributed by atoms with Gasteiger partial charge in [-0.05, 0) is 12.0 Å². The molecule has 0 radical (unpaired) electrons. The zero-order valence-electron chi connectivity index (χ0n) is 8.88. The van der Waals surface area contributed by atoms with Crippen molar-refractivity contribution in [3.63, 3.8) is 0 Å². The van der Waals surface area contributed by atoms with Crippen molar-refractivity contribution < 1.29 is 22.7 Å². The quantitative estimate of drug-likeness (QED) is 0.797. The SMILES string of the molecule is CC(C)[C@H](NS(=O)(=O)c1ccoc1)C(=O)O. The van der Waals surface area contributed by atoms with Crippen LogP contribution < -0.4 is 4.72 Å². The number of carboxylic acid groups (broad SMARTS) is 1. The Balaban J connectivity index is 2.92. The largest absolute Gasteiger partial charge is 0.480 e. The Bertz CT molecular complexity index is 448. The lowest BCUT2D eigenvalue weighted by Crippen LogP contribution is -2.44. The lowest BCUT2D eigenvalue weighted by molar-refractivity contribution is -0.140. The summed E-state index contributed by atoms with van der Waals surface area (Å²) >= 11 is 0. The third-order valence-corrected chi connectivity index (χ3v) is 3.44. The lowest BCUT2D eigenvalue weighted by atomic mass is 10.1. The first-order chi connectivity index (χ1) is 7.34. The Morgan fingerprint density at radius 1 is 1.50 bits per heavy atom. The number of hydrogen-bond donors (Lipinski definition) is 2. The van der Waals surface area contributed by atoms with Crippen LogP contribution in [0.1, 0.15) is 13.8 Å². The zero-order valence-corrected chi connectivity index (χ0v) is 9.69. The van der Waals surface area contributed by atoms with Gasteiger partial charge in [0.1, 0.15) is 17.2 Å². The first-order valence-corrected chi connectivity index (χ1v) is 6.10. The van der Waals surface area contributed by atoms with Gasteiger partial charge in [-0.25, -0.2) is 8.42 Å². The maximum absolute atomic E-state index is 11.7. The fourth-order valence-corrected chi connectivity index (χ4v) is 2.37. The van der Waals surface area contributed by atoms with Crippen LogP contribution in [-0.2, 0) is 14.8 Å². The smallest absolute Gasteiger partial charge is 0.322 e. The van der Waals surface area contributed by atoms with E-state index in [1.54, 1.807) is 13.8 Å². The van der Waals surface area contributed by atoms with Gasteiger partial charge in [0.05, 0.1) is 6.26 Å². The van der Waals surface area contributed by atoms with E-state index < -0.39 is 22.0 Å². The van der Waals surface area contributed by atoms with Crippen molar-refractivity contribution >= 4 is 16.0 Å². The summed E-state index contributed by atoms with van der Waals surface area (Å²) in [6.45, 7) is 3.24. The van der Waals surface area contributed by atoms with Crippen molar-refractivity contribution in [2.24, 2.45) is 5.92 Å². The van der Waals surface area contributed by atoms with E-state index in [-0.39, 0.29) is 10.8 Å². The number of furan rings is 1. The minimum Gasteiger partial charge on any atom is -0.480 e. The minimum absolute atomic E-state index is 0.0839. The fraction of sp³-hybridized carbons (Fsp3) is 0.444. The molecule has 1 aromatic heterocycles. The predicted octanol–water partition coefficient (Wildman–Crippen LogP) is 0.667. The number of sulfonamides is 1. The molecule has 0 aromatic carbocycles. The number of carboxylic acids is 1. The Morgan fingerprint density at radius 3 is 2.50 bits per heavy atom.